The number of thiazole rings is 1. The lowest BCUT2D eigenvalue weighted by Crippen LogP contribution is -2.07. The Morgan fingerprint density at radius 1 is 1.00 bits per heavy atom. The van der Waals surface area contributed by atoms with Gasteiger partial charge in [0.2, 0.25) is 5.88 Å². The molecule has 0 saturated carbocycles. The Morgan fingerprint density at radius 3 is 2.21 bits per heavy atom. The van der Waals surface area contributed by atoms with E-state index in [2.05, 4.69) is 67.5 Å². The lowest BCUT2D eigenvalue weighted by Gasteiger charge is -2.12. The molecule has 34 heavy (non-hydrogen) atoms. The number of aromatic nitrogens is 1. The van der Waals surface area contributed by atoms with Gasteiger partial charge in [0.1, 0.15) is 0 Å². The van der Waals surface area contributed by atoms with Crippen LogP contribution in [0.5, 0.6) is 5.88 Å². The minimum atomic E-state index is -0.854. The van der Waals surface area contributed by atoms with Gasteiger partial charge in [0.25, 0.3) is 0 Å². The zero-order valence-corrected chi connectivity index (χ0v) is 20.5. The van der Waals surface area contributed by atoms with Crippen LogP contribution in [0.1, 0.15) is 45.5 Å². The summed E-state index contributed by atoms with van der Waals surface area (Å²) in [5.41, 5.74) is 8.89. The van der Waals surface area contributed by atoms with Gasteiger partial charge in [-0.1, -0.05) is 65.4 Å². The number of hydrogen-bond acceptors (Lipinski definition) is 5. The first-order valence-corrected chi connectivity index (χ1v) is 12.0. The molecule has 174 valence electrons. The molecular formula is C28H28N2O3S. The highest BCUT2D eigenvalue weighted by atomic mass is 32.1. The number of benzene rings is 3. The summed E-state index contributed by atoms with van der Waals surface area (Å²) in [5, 5.41) is 23.3. The van der Waals surface area contributed by atoms with E-state index in [4.69, 9.17) is 5.11 Å². The van der Waals surface area contributed by atoms with Crippen LogP contribution in [-0.4, -0.2) is 21.2 Å². The molecule has 0 saturated heterocycles. The summed E-state index contributed by atoms with van der Waals surface area (Å²) in [6.45, 7) is 8.07. The van der Waals surface area contributed by atoms with Crippen LogP contribution in [0.2, 0.25) is 0 Å². The van der Waals surface area contributed by atoms with E-state index in [1.54, 1.807) is 19.1 Å². The molecule has 6 heteroatoms. The highest BCUT2D eigenvalue weighted by Gasteiger charge is 2.15. The molecule has 1 aromatic heterocycles. The largest absolute Gasteiger partial charge is 0.492 e. The lowest BCUT2D eigenvalue weighted by atomic mass is 9.93. The molecule has 0 aliphatic heterocycles. The molecule has 4 aromatic rings. The van der Waals surface area contributed by atoms with Gasteiger partial charge in [-0.25, -0.2) is 0 Å². The number of nitrogens with zero attached hydrogens (tertiary/aromatic N) is 1. The van der Waals surface area contributed by atoms with Crippen LogP contribution in [0.3, 0.4) is 0 Å². The van der Waals surface area contributed by atoms with Crippen LogP contribution < -0.4 is 5.32 Å². The van der Waals surface area contributed by atoms with Gasteiger partial charge < -0.3 is 15.5 Å². The molecule has 3 aromatic carbocycles. The zero-order valence-electron chi connectivity index (χ0n) is 19.7. The van der Waals surface area contributed by atoms with Crippen LogP contribution in [0, 0.1) is 20.8 Å². The average Bonchev–Trinajstić information content (AvgIpc) is 3.12. The third kappa shape index (κ3) is 5.13. The molecule has 1 unspecified atom stereocenters. The predicted octanol–water partition coefficient (Wildman–Crippen LogP) is 6.96. The molecule has 0 aliphatic rings. The topological polar surface area (TPSA) is 82.5 Å². The molecule has 1 heterocycles. The Labute approximate surface area is 203 Å². The maximum Gasteiger partial charge on any atom is 0.310 e. The summed E-state index contributed by atoms with van der Waals surface area (Å²) in [5.74, 6) is -1.39. The molecule has 3 N–H and O–H groups in total. The number of aliphatic carboxylic acids is 1. The predicted molar refractivity (Wildman–Crippen MR) is 138 cm³/mol. The SMILES string of the molecule is Cc1cc(C)c(-c2ccc(Cc3sc(Nc4ccc(C(C)C(=O)O)cc4)nc3O)cc2)c(C)c1. The first kappa shape index (κ1) is 23.5. The Balaban J connectivity index is 1.47. The van der Waals surface area contributed by atoms with Crippen molar-refractivity contribution in [3.63, 3.8) is 0 Å². The number of carbonyl (C=O) groups is 1. The molecule has 0 aliphatic carbocycles. The van der Waals surface area contributed by atoms with Gasteiger partial charge in [-0.15, -0.1) is 0 Å². The smallest absolute Gasteiger partial charge is 0.310 e. The third-order valence-electron chi connectivity index (χ3n) is 5.99. The van der Waals surface area contributed by atoms with E-state index in [0.717, 1.165) is 21.7 Å². The second-order valence-corrected chi connectivity index (χ2v) is 9.80. The third-order valence-corrected chi connectivity index (χ3v) is 6.95. The highest BCUT2D eigenvalue weighted by Crippen LogP contribution is 2.33. The van der Waals surface area contributed by atoms with Crippen LogP contribution in [-0.2, 0) is 11.2 Å². The maximum absolute atomic E-state index is 11.1. The number of aromatic hydroxyl groups is 1. The van der Waals surface area contributed by atoms with Gasteiger partial charge in [0.15, 0.2) is 5.13 Å². The molecule has 0 radical (unpaired) electrons. The van der Waals surface area contributed by atoms with E-state index in [1.807, 2.05) is 12.1 Å². The molecule has 0 amide bonds. The van der Waals surface area contributed by atoms with Crippen LogP contribution >= 0.6 is 11.3 Å². The fourth-order valence-electron chi connectivity index (χ4n) is 4.24. The molecule has 4 rings (SSSR count). The van der Waals surface area contributed by atoms with Crippen molar-refractivity contribution >= 4 is 28.1 Å². The van der Waals surface area contributed by atoms with Crippen molar-refractivity contribution in [3.8, 4) is 17.0 Å². The Kier molecular flexibility index (Phi) is 6.70. The maximum atomic E-state index is 11.1. The molecule has 1 atom stereocenters. The molecule has 0 bridgehead atoms. The minimum Gasteiger partial charge on any atom is -0.492 e. The van der Waals surface area contributed by atoms with Gasteiger partial charge in [0.05, 0.1) is 10.8 Å². The summed E-state index contributed by atoms with van der Waals surface area (Å²) in [7, 11) is 0. The van der Waals surface area contributed by atoms with Gasteiger partial charge >= 0.3 is 5.97 Å². The van der Waals surface area contributed by atoms with E-state index >= 15 is 0 Å². The fraction of sp³-hybridized carbons (Fsp3) is 0.214. The Hall–Kier alpha value is -3.64. The number of carboxylic acids is 1. The van der Waals surface area contributed by atoms with E-state index in [-0.39, 0.29) is 5.88 Å². The van der Waals surface area contributed by atoms with Crippen molar-refractivity contribution in [2.24, 2.45) is 0 Å². The summed E-state index contributed by atoms with van der Waals surface area (Å²) < 4.78 is 0. The van der Waals surface area contributed by atoms with Gasteiger partial charge in [-0.05, 0) is 73.2 Å². The summed E-state index contributed by atoms with van der Waals surface area (Å²) >= 11 is 1.41. The first-order valence-electron chi connectivity index (χ1n) is 11.2. The fourth-order valence-corrected chi connectivity index (χ4v) is 5.15. The van der Waals surface area contributed by atoms with E-state index in [1.165, 1.54) is 39.2 Å². The van der Waals surface area contributed by atoms with Crippen LogP contribution in [0.4, 0.5) is 10.8 Å². The second kappa shape index (κ2) is 9.69. The second-order valence-electron chi connectivity index (χ2n) is 8.72. The van der Waals surface area contributed by atoms with Crippen molar-refractivity contribution < 1.29 is 15.0 Å². The summed E-state index contributed by atoms with van der Waals surface area (Å²) in [4.78, 5) is 16.2. The first-order chi connectivity index (χ1) is 16.2. The zero-order chi connectivity index (χ0) is 24.4. The number of hydrogen-bond donors (Lipinski definition) is 3. The Morgan fingerprint density at radius 2 is 1.62 bits per heavy atom. The number of rotatable bonds is 7. The number of nitrogens with one attached hydrogen (secondary N) is 1. The number of aryl methyl sites for hydroxylation is 3. The van der Waals surface area contributed by atoms with Crippen LogP contribution in [0.25, 0.3) is 11.1 Å². The van der Waals surface area contributed by atoms with Crippen LogP contribution in [0.15, 0.2) is 60.7 Å². The molecule has 0 fully saturated rings. The van der Waals surface area contributed by atoms with Gasteiger partial charge in [0, 0.05) is 12.1 Å². The quantitative estimate of drug-likeness (QED) is 0.271. The van der Waals surface area contributed by atoms with Crippen molar-refractivity contribution in [1.82, 2.24) is 4.98 Å². The van der Waals surface area contributed by atoms with Crippen molar-refractivity contribution in [2.75, 3.05) is 5.32 Å². The highest BCUT2D eigenvalue weighted by molar-refractivity contribution is 7.16. The van der Waals surface area contributed by atoms with E-state index in [9.17, 15) is 9.90 Å². The number of anilines is 2. The van der Waals surface area contributed by atoms with E-state index < -0.39 is 11.9 Å². The molecular weight excluding hydrogens is 444 g/mol. The van der Waals surface area contributed by atoms with Gasteiger partial charge in [-0.2, -0.15) is 4.98 Å². The van der Waals surface area contributed by atoms with Crippen molar-refractivity contribution in [2.45, 2.75) is 40.0 Å². The molecule has 0 spiro atoms. The summed E-state index contributed by atoms with van der Waals surface area (Å²) in [6, 6.07) is 20.1. The molecule has 5 nitrogen and oxygen atoms in total. The Bertz CT molecular complexity index is 1300. The minimum absolute atomic E-state index is 0.0259. The standard InChI is InChI=1S/C28H28N2O3S/c1-16-13-17(2)25(18(3)14-16)22-7-5-20(6-8-22)15-24-26(31)30-28(34-24)29-23-11-9-21(10-12-23)19(4)27(32)33/h5-14,19,31H,15H2,1-4H3,(H,29,30)(H,32,33). The van der Waals surface area contributed by atoms with Crippen molar-refractivity contribution in [3.05, 3.63) is 93.4 Å². The van der Waals surface area contributed by atoms with Crippen molar-refractivity contribution in [1.29, 1.82) is 0 Å². The monoisotopic (exact) mass is 472 g/mol. The summed E-state index contributed by atoms with van der Waals surface area (Å²) in [6.07, 6.45) is 0.590. The van der Waals surface area contributed by atoms with E-state index in [0.29, 0.717) is 11.6 Å². The lowest BCUT2D eigenvalue weighted by molar-refractivity contribution is -0.138. The number of carboxylic acid groups (broad SMARTS) is 1. The normalized spacial score (nSPS) is 11.9. The van der Waals surface area contributed by atoms with Gasteiger partial charge in [-0.3, -0.25) is 4.79 Å². The average molecular weight is 473 g/mol.